The fourth-order valence-corrected chi connectivity index (χ4v) is 7.28. The number of fused-ring (bicyclic) bond motifs is 5. The predicted molar refractivity (Wildman–Crippen MR) is 109 cm³/mol. The molecule has 0 unspecified atom stereocenters. The summed E-state index contributed by atoms with van der Waals surface area (Å²) in [6, 6.07) is 0. The summed E-state index contributed by atoms with van der Waals surface area (Å²) in [4.78, 5) is 24.9. The van der Waals surface area contributed by atoms with Gasteiger partial charge in [-0.05, 0) is 67.9 Å². The molecule has 0 amide bonds. The highest BCUT2D eigenvalue weighted by molar-refractivity contribution is 6.01. The Morgan fingerprint density at radius 2 is 1.89 bits per heavy atom. The highest BCUT2D eigenvalue weighted by Crippen LogP contribution is 2.65. The largest absolute Gasteiger partial charge is 0.299 e. The van der Waals surface area contributed by atoms with Crippen LogP contribution in [0.2, 0.25) is 0 Å². The van der Waals surface area contributed by atoms with Crippen molar-refractivity contribution in [2.75, 3.05) is 0 Å². The number of Topliss-reactive ketones (excluding diaryl/α,β-unsaturated/α-hetero) is 1. The van der Waals surface area contributed by atoms with Crippen LogP contribution >= 0.6 is 0 Å². The zero-order valence-corrected chi connectivity index (χ0v) is 17.4. The zero-order valence-electron chi connectivity index (χ0n) is 17.4. The number of carbonyl (C=O) groups excluding carboxylic acids is 2. The number of allylic oxidation sites excluding steroid dienone is 4. The van der Waals surface area contributed by atoms with Crippen LogP contribution in [0.5, 0.6) is 0 Å². The first-order valence-corrected chi connectivity index (χ1v) is 11.4. The summed E-state index contributed by atoms with van der Waals surface area (Å²) in [5, 5.41) is 0. The Balaban J connectivity index is 1.64. The molecule has 4 rings (SSSR count). The highest BCUT2D eigenvalue weighted by atomic mass is 16.1. The maximum Gasteiger partial charge on any atom is 0.178 e. The van der Waals surface area contributed by atoms with Crippen LogP contribution in [0, 0.1) is 34.5 Å². The lowest BCUT2D eigenvalue weighted by Gasteiger charge is -2.57. The van der Waals surface area contributed by atoms with Crippen molar-refractivity contribution in [1.82, 2.24) is 0 Å². The van der Waals surface area contributed by atoms with E-state index in [0.29, 0.717) is 29.5 Å². The third-order valence-corrected chi connectivity index (χ3v) is 8.83. The van der Waals surface area contributed by atoms with E-state index in [4.69, 9.17) is 0 Å². The van der Waals surface area contributed by atoms with Crippen molar-refractivity contribution in [3.8, 4) is 0 Å². The average Bonchev–Trinajstić information content (AvgIpc) is 2.95. The van der Waals surface area contributed by atoms with Crippen molar-refractivity contribution in [2.24, 2.45) is 34.5 Å². The molecule has 27 heavy (non-hydrogen) atoms. The maximum absolute atomic E-state index is 12.7. The van der Waals surface area contributed by atoms with E-state index < -0.39 is 0 Å². The maximum atomic E-state index is 12.7. The Morgan fingerprint density at radius 1 is 1.07 bits per heavy atom. The minimum Gasteiger partial charge on any atom is -0.299 e. The van der Waals surface area contributed by atoms with E-state index in [1.54, 1.807) is 0 Å². The molecule has 148 valence electrons. The highest BCUT2D eigenvalue weighted by Gasteiger charge is 2.59. The normalized spacial score (nSPS) is 43.1. The van der Waals surface area contributed by atoms with Gasteiger partial charge in [0.05, 0.1) is 0 Å². The van der Waals surface area contributed by atoms with E-state index >= 15 is 0 Å². The number of rotatable bonds is 5. The van der Waals surface area contributed by atoms with E-state index in [1.165, 1.54) is 44.1 Å². The number of carbonyl (C=O) groups is 2. The number of ketones is 2. The molecule has 0 radical (unpaired) electrons. The fourth-order valence-electron chi connectivity index (χ4n) is 7.28. The Morgan fingerprint density at radius 3 is 2.67 bits per heavy atom. The van der Waals surface area contributed by atoms with Gasteiger partial charge in [-0.25, -0.2) is 0 Å². The van der Waals surface area contributed by atoms with Crippen LogP contribution in [-0.2, 0) is 9.59 Å². The third-order valence-electron chi connectivity index (χ3n) is 8.83. The molecule has 0 heterocycles. The molecule has 0 aromatic carbocycles. The van der Waals surface area contributed by atoms with Crippen molar-refractivity contribution in [1.29, 1.82) is 0 Å². The van der Waals surface area contributed by atoms with Gasteiger partial charge < -0.3 is 0 Å². The molecule has 4 aliphatic carbocycles. The molecule has 0 spiro atoms. The predicted octanol–water partition coefficient (Wildman–Crippen LogP) is 6.06. The lowest BCUT2D eigenvalue weighted by molar-refractivity contribution is -0.132. The molecule has 0 aromatic rings. The molecule has 2 heteroatoms. The molecule has 3 fully saturated rings. The van der Waals surface area contributed by atoms with E-state index in [-0.39, 0.29) is 16.6 Å². The average molecular weight is 369 g/mol. The van der Waals surface area contributed by atoms with E-state index in [2.05, 4.69) is 26.8 Å². The summed E-state index contributed by atoms with van der Waals surface area (Å²) in [7, 11) is 0. The fraction of sp³-hybridized carbons (Fsp3) is 0.760. The van der Waals surface area contributed by atoms with Crippen LogP contribution in [0.15, 0.2) is 23.8 Å². The summed E-state index contributed by atoms with van der Waals surface area (Å²) in [5.74, 6) is 3.03. The van der Waals surface area contributed by atoms with E-state index in [9.17, 15) is 9.59 Å². The molecule has 0 aliphatic heterocycles. The van der Waals surface area contributed by atoms with Crippen molar-refractivity contribution in [3.63, 3.8) is 0 Å². The molecule has 3 saturated carbocycles. The standard InChI is InChI=1S/C25H36O2/c1-4-5-6-7-8-17-15-19-20-9-10-23(27)25(20,3)14-12-21(19)24(2)13-11-18(26)16-22(17)24/h11,13,16-17,19-21H,4-10,12,14-15H2,1-3H3/t17-,19+,20+,21+,24-,25+/m1/s1. The van der Waals surface area contributed by atoms with Gasteiger partial charge in [-0.2, -0.15) is 0 Å². The molecular formula is C25H36O2. The second-order valence-corrected chi connectivity index (χ2v) is 10.2. The number of unbranched alkanes of at least 4 members (excludes halogenated alkanes) is 3. The Hall–Kier alpha value is -1.18. The topological polar surface area (TPSA) is 34.1 Å². The van der Waals surface area contributed by atoms with Crippen molar-refractivity contribution >= 4 is 11.6 Å². The molecule has 2 nitrogen and oxygen atoms in total. The smallest absolute Gasteiger partial charge is 0.178 e. The van der Waals surface area contributed by atoms with E-state index in [0.717, 1.165) is 25.7 Å². The monoisotopic (exact) mass is 368 g/mol. The number of hydrogen-bond acceptors (Lipinski definition) is 2. The van der Waals surface area contributed by atoms with Gasteiger partial charge in [-0.3, -0.25) is 9.59 Å². The lowest BCUT2D eigenvalue weighted by atomic mass is 9.46. The minimum atomic E-state index is -0.0697. The van der Waals surface area contributed by atoms with Gasteiger partial charge in [0.2, 0.25) is 0 Å². The van der Waals surface area contributed by atoms with Crippen LogP contribution in [0.3, 0.4) is 0 Å². The van der Waals surface area contributed by atoms with Crippen molar-refractivity contribution in [2.45, 2.75) is 85.0 Å². The summed E-state index contributed by atoms with van der Waals surface area (Å²) >= 11 is 0. The van der Waals surface area contributed by atoms with Crippen molar-refractivity contribution in [3.05, 3.63) is 23.8 Å². The molecule has 0 N–H and O–H groups in total. The van der Waals surface area contributed by atoms with Crippen LogP contribution in [-0.4, -0.2) is 11.6 Å². The first kappa shape index (κ1) is 19.2. The summed E-state index contributed by atoms with van der Waals surface area (Å²) < 4.78 is 0. The molecule has 0 saturated heterocycles. The van der Waals surface area contributed by atoms with Gasteiger partial charge in [0.15, 0.2) is 5.78 Å². The van der Waals surface area contributed by atoms with Gasteiger partial charge in [0.1, 0.15) is 5.78 Å². The first-order valence-electron chi connectivity index (χ1n) is 11.4. The molecule has 4 aliphatic rings. The quantitative estimate of drug-likeness (QED) is 0.553. The van der Waals surface area contributed by atoms with Crippen LogP contribution < -0.4 is 0 Å². The van der Waals surface area contributed by atoms with Crippen LogP contribution in [0.4, 0.5) is 0 Å². The van der Waals surface area contributed by atoms with Crippen LogP contribution in [0.1, 0.15) is 85.0 Å². The van der Waals surface area contributed by atoms with Gasteiger partial charge >= 0.3 is 0 Å². The second kappa shape index (κ2) is 7.01. The molecule has 6 atom stereocenters. The Bertz CT molecular complexity index is 686. The van der Waals surface area contributed by atoms with Gasteiger partial charge in [-0.1, -0.05) is 58.1 Å². The zero-order chi connectivity index (χ0) is 19.2. The summed E-state index contributed by atoms with van der Waals surface area (Å²) in [6.07, 6.45) is 17.6. The summed E-state index contributed by atoms with van der Waals surface area (Å²) in [5.41, 5.74) is 1.37. The first-order chi connectivity index (χ1) is 12.9. The number of hydrogen-bond donors (Lipinski definition) is 0. The van der Waals surface area contributed by atoms with Crippen molar-refractivity contribution < 1.29 is 9.59 Å². The SMILES string of the molecule is CCCCCC[C@@H]1C[C@@H]2[C@H](CC[C@]3(C)C(=O)CC[C@@H]23)[C@@]2(C)C=CC(=O)C=C12. The van der Waals surface area contributed by atoms with Gasteiger partial charge in [-0.15, -0.1) is 0 Å². The van der Waals surface area contributed by atoms with E-state index in [1.807, 2.05) is 12.2 Å². The molecule has 0 aromatic heterocycles. The van der Waals surface area contributed by atoms with Gasteiger partial charge in [0.25, 0.3) is 0 Å². The minimum absolute atomic E-state index is 0.0270. The Kier molecular flexibility index (Phi) is 4.97. The molecule has 0 bridgehead atoms. The second-order valence-electron chi connectivity index (χ2n) is 10.2. The third kappa shape index (κ3) is 2.98. The Labute approximate surface area is 164 Å². The van der Waals surface area contributed by atoms with Crippen LogP contribution in [0.25, 0.3) is 0 Å². The van der Waals surface area contributed by atoms with Gasteiger partial charge in [0, 0.05) is 17.3 Å². The molecular weight excluding hydrogens is 332 g/mol. The lowest BCUT2D eigenvalue weighted by Crippen LogP contribution is -2.51. The summed E-state index contributed by atoms with van der Waals surface area (Å²) in [6.45, 7) is 6.90.